The van der Waals surface area contributed by atoms with Crippen molar-refractivity contribution < 1.29 is 9.53 Å². The second-order valence-electron chi connectivity index (χ2n) is 5.84. The summed E-state index contributed by atoms with van der Waals surface area (Å²) >= 11 is 0. The minimum Gasteiger partial charge on any atom is -0.475 e. The molecule has 1 fully saturated rings. The van der Waals surface area contributed by atoms with Crippen LogP contribution >= 0.6 is 0 Å². The normalized spacial score (nSPS) is 20.6. The molecule has 3 rings (SSSR count). The lowest BCUT2D eigenvalue weighted by Crippen LogP contribution is -2.57. The Labute approximate surface area is 119 Å². The topological polar surface area (TPSA) is 55.6 Å². The number of ether oxygens (including phenoxy) is 1. The first-order valence-electron chi connectivity index (χ1n) is 7.57. The van der Waals surface area contributed by atoms with Crippen LogP contribution in [0.25, 0.3) is 0 Å². The number of nitrogen functional groups attached to an aromatic ring is 1. The molecule has 0 atom stereocenters. The van der Waals surface area contributed by atoms with E-state index in [9.17, 15) is 4.79 Å². The van der Waals surface area contributed by atoms with Gasteiger partial charge in [0.25, 0.3) is 5.91 Å². The molecular formula is C16H22N2O2. The zero-order chi connectivity index (χ0) is 14.2. The fraction of sp³-hybridized carbons (Fsp3) is 0.562. The van der Waals surface area contributed by atoms with Gasteiger partial charge in [0.15, 0.2) is 5.60 Å². The largest absolute Gasteiger partial charge is 0.475 e. The molecule has 4 heteroatoms. The summed E-state index contributed by atoms with van der Waals surface area (Å²) < 4.78 is 6.16. The third kappa shape index (κ3) is 2.03. The average molecular weight is 274 g/mol. The van der Waals surface area contributed by atoms with Gasteiger partial charge in [-0.3, -0.25) is 4.79 Å². The number of benzene rings is 1. The number of anilines is 2. The van der Waals surface area contributed by atoms with Crippen LogP contribution in [0.5, 0.6) is 5.75 Å². The highest BCUT2D eigenvalue weighted by atomic mass is 16.5. The molecule has 1 spiro atoms. The SMILES string of the molecule is CCCN1C(=O)C2(CCCCC2)Oc2cc(N)ccc21. The lowest BCUT2D eigenvalue weighted by Gasteiger charge is -2.44. The summed E-state index contributed by atoms with van der Waals surface area (Å²) in [5, 5.41) is 0. The lowest BCUT2D eigenvalue weighted by molar-refractivity contribution is -0.138. The van der Waals surface area contributed by atoms with Crippen molar-refractivity contribution >= 4 is 17.3 Å². The van der Waals surface area contributed by atoms with Crippen molar-refractivity contribution in [2.45, 2.75) is 51.0 Å². The van der Waals surface area contributed by atoms with Crippen LogP contribution < -0.4 is 15.4 Å². The number of hydrogen-bond donors (Lipinski definition) is 1. The smallest absolute Gasteiger partial charge is 0.271 e. The number of nitrogens with two attached hydrogens (primary N) is 1. The third-order valence-corrected chi connectivity index (χ3v) is 4.32. The molecule has 1 saturated carbocycles. The first-order chi connectivity index (χ1) is 9.66. The number of carbonyl (C=O) groups is 1. The Kier molecular flexibility index (Phi) is 3.32. The fourth-order valence-corrected chi connectivity index (χ4v) is 3.33. The molecule has 20 heavy (non-hydrogen) atoms. The predicted molar refractivity (Wildman–Crippen MR) is 79.9 cm³/mol. The molecule has 0 bridgehead atoms. The summed E-state index contributed by atoms with van der Waals surface area (Å²) in [4.78, 5) is 14.8. The number of hydrogen-bond acceptors (Lipinski definition) is 3. The summed E-state index contributed by atoms with van der Waals surface area (Å²) in [6.07, 6.45) is 5.88. The molecule has 0 saturated heterocycles. The first-order valence-corrected chi connectivity index (χ1v) is 7.57. The highest BCUT2D eigenvalue weighted by molar-refractivity contribution is 6.03. The summed E-state index contributed by atoms with van der Waals surface area (Å²) in [6.45, 7) is 2.83. The van der Waals surface area contributed by atoms with Crippen molar-refractivity contribution in [1.82, 2.24) is 0 Å². The van der Waals surface area contributed by atoms with Crippen LogP contribution in [0.15, 0.2) is 18.2 Å². The van der Waals surface area contributed by atoms with Gasteiger partial charge in [-0.1, -0.05) is 13.3 Å². The van der Waals surface area contributed by atoms with Gasteiger partial charge in [0, 0.05) is 18.3 Å². The molecule has 2 aliphatic rings. The standard InChI is InChI=1S/C16H22N2O2/c1-2-10-18-13-7-6-12(17)11-14(13)20-16(15(18)19)8-4-3-5-9-16/h6-7,11H,2-5,8-10,17H2,1H3. The molecule has 1 aromatic rings. The zero-order valence-electron chi connectivity index (χ0n) is 12.0. The van der Waals surface area contributed by atoms with E-state index in [4.69, 9.17) is 10.5 Å². The van der Waals surface area contributed by atoms with Gasteiger partial charge in [0.05, 0.1) is 5.69 Å². The number of nitrogens with zero attached hydrogens (tertiary/aromatic N) is 1. The van der Waals surface area contributed by atoms with Crippen LogP contribution in [-0.4, -0.2) is 18.1 Å². The molecule has 0 radical (unpaired) electrons. The van der Waals surface area contributed by atoms with Crippen molar-refractivity contribution in [3.63, 3.8) is 0 Å². The number of carbonyl (C=O) groups excluding carboxylic acids is 1. The molecule has 2 N–H and O–H groups in total. The number of amides is 1. The van der Waals surface area contributed by atoms with Gasteiger partial charge in [-0.15, -0.1) is 0 Å². The maximum absolute atomic E-state index is 12.9. The minimum absolute atomic E-state index is 0.135. The van der Waals surface area contributed by atoms with Gasteiger partial charge in [-0.25, -0.2) is 0 Å². The molecule has 1 heterocycles. The van der Waals surface area contributed by atoms with Crippen molar-refractivity contribution in [1.29, 1.82) is 0 Å². The molecular weight excluding hydrogens is 252 g/mol. The van der Waals surface area contributed by atoms with Crippen LogP contribution in [0.4, 0.5) is 11.4 Å². The Bertz CT molecular complexity index is 521. The van der Waals surface area contributed by atoms with Crippen molar-refractivity contribution in [2.75, 3.05) is 17.2 Å². The van der Waals surface area contributed by atoms with E-state index in [0.29, 0.717) is 5.69 Å². The van der Waals surface area contributed by atoms with Crippen LogP contribution in [0.3, 0.4) is 0 Å². The van der Waals surface area contributed by atoms with Crippen LogP contribution in [0.2, 0.25) is 0 Å². The van der Waals surface area contributed by atoms with Gasteiger partial charge in [-0.05, 0) is 44.2 Å². The van der Waals surface area contributed by atoms with Gasteiger partial charge >= 0.3 is 0 Å². The van der Waals surface area contributed by atoms with E-state index in [0.717, 1.165) is 50.1 Å². The molecule has 1 aliphatic carbocycles. The molecule has 4 nitrogen and oxygen atoms in total. The summed E-state index contributed by atoms with van der Waals surface area (Å²) in [5.74, 6) is 0.899. The van der Waals surface area contributed by atoms with Crippen LogP contribution in [0.1, 0.15) is 45.4 Å². The Morgan fingerprint density at radius 1 is 1.30 bits per heavy atom. The quantitative estimate of drug-likeness (QED) is 0.843. The van der Waals surface area contributed by atoms with Crippen molar-refractivity contribution in [3.05, 3.63) is 18.2 Å². The van der Waals surface area contributed by atoms with E-state index in [1.54, 1.807) is 0 Å². The van der Waals surface area contributed by atoms with E-state index in [1.807, 2.05) is 23.1 Å². The highest BCUT2D eigenvalue weighted by Gasteiger charge is 2.48. The highest BCUT2D eigenvalue weighted by Crippen LogP contribution is 2.44. The second-order valence-corrected chi connectivity index (χ2v) is 5.84. The molecule has 0 unspecified atom stereocenters. The molecule has 1 amide bonds. The number of rotatable bonds is 2. The maximum atomic E-state index is 12.9. The second kappa shape index (κ2) is 5.00. The van der Waals surface area contributed by atoms with Gasteiger partial charge in [0.2, 0.25) is 0 Å². The summed E-state index contributed by atoms with van der Waals surface area (Å²) in [7, 11) is 0. The first kappa shape index (κ1) is 13.3. The maximum Gasteiger partial charge on any atom is 0.271 e. The fourth-order valence-electron chi connectivity index (χ4n) is 3.33. The predicted octanol–water partition coefficient (Wildman–Crippen LogP) is 3.11. The molecule has 108 valence electrons. The van der Waals surface area contributed by atoms with E-state index in [1.165, 1.54) is 6.42 Å². The Morgan fingerprint density at radius 3 is 2.75 bits per heavy atom. The lowest BCUT2D eigenvalue weighted by atomic mass is 9.82. The number of fused-ring (bicyclic) bond motifs is 1. The molecule has 0 aromatic heterocycles. The van der Waals surface area contributed by atoms with Gasteiger partial charge in [0.1, 0.15) is 5.75 Å². The monoisotopic (exact) mass is 274 g/mol. The molecule has 1 aliphatic heterocycles. The van der Waals surface area contributed by atoms with Crippen LogP contribution in [0, 0.1) is 0 Å². The Balaban J connectivity index is 2.04. The zero-order valence-corrected chi connectivity index (χ0v) is 12.0. The summed E-state index contributed by atoms with van der Waals surface area (Å²) in [5.41, 5.74) is 6.77. The van der Waals surface area contributed by atoms with Crippen LogP contribution in [-0.2, 0) is 4.79 Å². The van der Waals surface area contributed by atoms with E-state index >= 15 is 0 Å². The third-order valence-electron chi connectivity index (χ3n) is 4.32. The minimum atomic E-state index is -0.645. The van der Waals surface area contributed by atoms with Gasteiger partial charge in [-0.2, -0.15) is 0 Å². The Morgan fingerprint density at radius 2 is 2.05 bits per heavy atom. The average Bonchev–Trinajstić information content (AvgIpc) is 2.45. The van der Waals surface area contributed by atoms with Crippen molar-refractivity contribution in [3.8, 4) is 5.75 Å². The summed E-state index contributed by atoms with van der Waals surface area (Å²) in [6, 6.07) is 5.58. The van der Waals surface area contributed by atoms with Crippen molar-refractivity contribution in [2.24, 2.45) is 0 Å². The van der Waals surface area contributed by atoms with E-state index < -0.39 is 5.60 Å². The van der Waals surface area contributed by atoms with E-state index in [-0.39, 0.29) is 5.91 Å². The Hall–Kier alpha value is -1.71. The van der Waals surface area contributed by atoms with Gasteiger partial charge < -0.3 is 15.4 Å². The van der Waals surface area contributed by atoms with E-state index in [2.05, 4.69) is 6.92 Å². The molecule has 1 aromatic carbocycles.